The minimum atomic E-state index is -0.232. The molecule has 0 aliphatic carbocycles. The van der Waals surface area contributed by atoms with Gasteiger partial charge in [0.1, 0.15) is 11.6 Å². The molecule has 0 saturated heterocycles. The summed E-state index contributed by atoms with van der Waals surface area (Å²) in [6.45, 7) is 5.71. The van der Waals surface area contributed by atoms with Crippen LogP contribution in [-0.2, 0) is 0 Å². The van der Waals surface area contributed by atoms with Gasteiger partial charge in [-0.15, -0.1) is 0 Å². The summed E-state index contributed by atoms with van der Waals surface area (Å²) in [6, 6.07) is 3.59. The molecule has 0 aliphatic heterocycles. The van der Waals surface area contributed by atoms with Gasteiger partial charge in [-0.1, -0.05) is 0 Å². The van der Waals surface area contributed by atoms with E-state index in [1.165, 1.54) is 0 Å². The van der Waals surface area contributed by atoms with Crippen molar-refractivity contribution in [2.24, 2.45) is 0 Å². The largest absolute Gasteiger partial charge is 0.384 e. The fourth-order valence-corrected chi connectivity index (χ4v) is 2.56. The molecule has 0 bridgehead atoms. The summed E-state index contributed by atoms with van der Waals surface area (Å²) in [6.07, 6.45) is 5.11. The van der Waals surface area contributed by atoms with Gasteiger partial charge in [-0.2, -0.15) is 0 Å². The molecule has 0 aliphatic rings. The number of anilines is 1. The topological polar surface area (TPSA) is 51.8 Å². The molecule has 3 rings (SSSR count). The number of halogens is 1. The number of aromatic nitrogens is 2. The Morgan fingerprint density at radius 3 is 2.48 bits per heavy atom. The number of rotatable bonds is 1. The van der Waals surface area contributed by atoms with Crippen molar-refractivity contribution in [2.75, 3.05) is 5.73 Å². The van der Waals surface area contributed by atoms with Gasteiger partial charge in [-0.25, -0.2) is 9.37 Å². The molecule has 0 spiro atoms. The molecule has 2 N–H and O–H groups in total. The third-order valence-corrected chi connectivity index (χ3v) is 3.98. The second-order valence-corrected chi connectivity index (χ2v) is 5.32. The van der Waals surface area contributed by atoms with Crippen molar-refractivity contribution in [3.8, 4) is 11.1 Å². The van der Waals surface area contributed by atoms with Crippen LogP contribution in [-0.4, -0.2) is 9.97 Å². The van der Waals surface area contributed by atoms with Gasteiger partial charge in [0, 0.05) is 35.1 Å². The van der Waals surface area contributed by atoms with Crippen molar-refractivity contribution in [1.82, 2.24) is 9.97 Å². The standard InChI is InChI=1S/C17H16FN3/c1-9-6-20-7-15(10(9)2)13-4-12-5-16(19)21-8-14(12)11(3)17(13)18/h4-8H,1-3H3,(H2,19,21). The normalized spacial score (nSPS) is 11.0. The molecule has 0 unspecified atom stereocenters. The van der Waals surface area contributed by atoms with Crippen LogP contribution in [0.15, 0.2) is 30.7 Å². The highest BCUT2D eigenvalue weighted by Crippen LogP contribution is 2.33. The minimum Gasteiger partial charge on any atom is -0.384 e. The van der Waals surface area contributed by atoms with Gasteiger partial charge in [0.2, 0.25) is 0 Å². The molecule has 0 fully saturated rings. The number of hydrogen-bond acceptors (Lipinski definition) is 3. The predicted octanol–water partition coefficient (Wildman–Crippen LogP) is 3.94. The number of nitrogens with two attached hydrogens (primary N) is 1. The fourth-order valence-electron chi connectivity index (χ4n) is 2.56. The van der Waals surface area contributed by atoms with Gasteiger partial charge >= 0.3 is 0 Å². The summed E-state index contributed by atoms with van der Waals surface area (Å²) >= 11 is 0. The van der Waals surface area contributed by atoms with Crippen LogP contribution < -0.4 is 5.73 Å². The zero-order valence-corrected chi connectivity index (χ0v) is 12.2. The SMILES string of the molecule is Cc1cncc(-c2cc3cc(N)ncc3c(C)c2F)c1C. The van der Waals surface area contributed by atoms with Crippen LogP contribution in [0.2, 0.25) is 0 Å². The smallest absolute Gasteiger partial charge is 0.134 e. The molecule has 3 nitrogen and oxygen atoms in total. The van der Waals surface area contributed by atoms with Crippen LogP contribution in [0.3, 0.4) is 0 Å². The Labute approximate surface area is 122 Å². The number of pyridine rings is 2. The Bertz CT molecular complexity index is 856. The second kappa shape index (κ2) is 4.81. The van der Waals surface area contributed by atoms with Crippen LogP contribution in [0.4, 0.5) is 10.2 Å². The Morgan fingerprint density at radius 2 is 1.71 bits per heavy atom. The molecule has 1 aromatic carbocycles. The van der Waals surface area contributed by atoms with Gasteiger partial charge in [0.25, 0.3) is 0 Å². The van der Waals surface area contributed by atoms with Gasteiger partial charge < -0.3 is 5.73 Å². The quantitative estimate of drug-likeness (QED) is 0.735. The first kappa shape index (κ1) is 13.5. The molecular weight excluding hydrogens is 265 g/mol. The van der Waals surface area contributed by atoms with Gasteiger partial charge in [0.05, 0.1) is 0 Å². The number of benzene rings is 1. The molecule has 4 heteroatoms. The summed E-state index contributed by atoms with van der Waals surface area (Å²) in [5.41, 5.74) is 9.76. The number of hydrogen-bond donors (Lipinski definition) is 1. The van der Waals surface area contributed by atoms with E-state index in [-0.39, 0.29) is 5.82 Å². The van der Waals surface area contributed by atoms with Crippen molar-refractivity contribution < 1.29 is 4.39 Å². The van der Waals surface area contributed by atoms with Crippen LogP contribution >= 0.6 is 0 Å². The first-order chi connectivity index (χ1) is 9.99. The van der Waals surface area contributed by atoms with Crippen LogP contribution in [0.5, 0.6) is 0 Å². The zero-order chi connectivity index (χ0) is 15.1. The Hall–Kier alpha value is -2.49. The molecule has 0 amide bonds. The summed E-state index contributed by atoms with van der Waals surface area (Å²) in [4.78, 5) is 8.23. The van der Waals surface area contributed by atoms with E-state index in [0.717, 1.165) is 27.5 Å². The lowest BCUT2D eigenvalue weighted by atomic mass is 9.95. The average Bonchev–Trinajstić information content (AvgIpc) is 2.46. The average molecular weight is 281 g/mol. The van der Waals surface area contributed by atoms with E-state index < -0.39 is 0 Å². The summed E-state index contributed by atoms with van der Waals surface area (Å²) in [5, 5.41) is 1.67. The maximum absolute atomic E-state index is 14.7. The van der Waals surface area contributed by atoms with Crippen molar-refractivity contribution >= 4 is 16.6 Å². The molecule has 106 valence electrons. The van der Waals surface area contributed by atoms with E-state index in [1.54, 1.807) is 31.6 Å². The van der Waals surface area contributed by atoms with Crippen LogP contribution in [0.25, 0.3) is 21.9 Å². The van der Waals surface area contributed by atoms with Crippen molar-refractivity contribution in [1.29, 1.82) is 0 Å². The Kier molecular flexibility index (Phi) is 3.09. The van der Waals surface area contributed by atoms with Crippen LogP contribution in [0.1, 0.15) is 16.7 Å². The third-order valence-electron chi connectivity index (χ3n) is 3.98. The summed E-state index contributed by atoms with van der Waals surface area (Å²) < 4.78 is 14.7. The highest BCUT2D eigenvalue weighted by Gasteiger charge is 2.15. The third kappa shape index (κ3) is 2.13. The highest BCUT2D eigenvalue weighted by molar-refractivity contribution is 5.91. The van der Waals surface area contributed by atoms with E-state index in [0.29, 0.717) is 16.9 Å². The number of aryl methyl sites for hydroxylation is 2. The molecular formula is C17H16FN3. The van der Waals surface area contributed by atoms with Crippen LogP contribution in [0, 0.1) is 26.6 Å². The molecule has 0 saturated carbocycles. The van der Waals surface area contributed by atoms with Gasteiger partial charge in [0.15, 0.2) is 0 Å². The summed E-state index contributed by atoms with van der Waals surface area (Å²) in [5.74, 6) is 0.197. The molecule has 2 aromatic heterocycles. The summed E-state index contributed by atoms with van der Waals surface area (Å²) in [7, 11) is 0. The Morgan fingerprint density at radius 1 is 0.952 bits per heavy atom. The molecule has 0 radical (unpaired) electrons. The molecule has 3 aromatic rings. The van der Waals surface area contributed by atoms with Crippen molar-refractivity contribution in [3.05, 3.63) is 53.2 Å². The maximum Gasteiger partial charge on any atom is 0.134 e. The van der Waals surface area contributed by atoms with E-state index in [9.17, 15) is 4.39 Å². The lowest BCUT2D eigenvalue weighted by Gasteiger charge is -2.13. The highest BCUT2D eigenvalue weighted by atomic mass is 19.1. The molecule has 2 heterocycles. The number of nitrogens with zero attached hydrogens (tertiary/aromatic N) is 2. The van der Waals surface area contributed by atoms with E-state index in [4.69, 9.17) is 5.73 Å². The Balaban J connectivity index is 2.37. The second-order valence-electron chi connectivity index (χ2n) is 5.32. The van der Waals surface area contributed by atoms with Crippen molar-refractivity contribution in [3.63, 3.8) is 0 Å². The van der Waals surface area contributed by atoms with Gasteiger partial charge in [-0.3, -0.25) is 4.98 Å². The van der Waals surface area contributed by atoms with Gasteiger partial charge in [-0.05, 0) is 55.0 Å². The number of nitrogen functional groups attached to an aromatic ring is 1. The lowest BCUT2D eigenvalue weighted by molar-refractivity contribution is 0.624. The van der Waals surface area contributed by atoms with Crippen molar-refractivity contribution in [2.45, 2.75) is 20.8 Å². The first-order valence-corrected chi connectivity index (χ1v) is 6.75. The van der Waals surface area contributed by atoms with E-state index in [1.807, 2.05) is 19.9 Å². The zero-order valence-electron chi connectivity index (χ0n) is 12.2. The molecule has 0 atom stereocenters. The molecule has 21 heavy (non-hydrogen) atoms. The predicted molar refractivity (Wildman–Crippen MR) is 83.6 cm³/mol. The monoisotopic (exact) mass is 281 g/mol. The lowest BCUT2D eigenvalue weighted by Crippen LogP contribution is -1.97. The fraction of sp³-hybridized carbons (Fsp3) is 0.176. The van der Waals surface area contributed by atoms with E-state index >= 15 is 0 Å². The minimum absolute atomic E-state index is 0.232. The maximum atomic E-state index is 14.7. The van der Waals surface area contributed by atoms with E-state index in [2.05, 4.69) is 9.97 Å². The number of fused-ring (bicyclic) bond motifs is 1. The first-order valence-electron chi connectivity index (χ1n) is 6.75.